The fourth-order valence-electron chi connectivity index (χ4n) is 1.28. The highest BCUT2D eigenvalue weighted by molar-refractivity contribution is 5.58. The van der Waals surface area contributed by atoms with Gasteiger partial charge in [-0.15, -0.1) is 0 Å². The molecule has 4 heteroatoms. The molecule has 2 nitrogen and oxygen atoms in total. The van der Waals surface area contributed by atoms with Crippen LogP contribution < -0.4 is 0 Å². The van der Waals surface area contributed by atoms with Gasteiger partial charge in [0, 0.05) is 11.6 Å². The average molecular weight is 194 g/mol. The zero-order valence-electron chi connectivity index (χ0n) is 7.51. The lowest BCUT2D eigenvalue weighted by Gasteiger charge is -1.98. The monoisotopic (exact) mass is 194 g/mol. The van der Waals surface area contributed by atoms with Crippen LogP contribution >= 0.6 is 0 Å². The van der Waals surface area contributed by atoms with Gasteiger partial charge in [0.05, 0.1) is 11.9 Å². The van der Waals surface area contributed by atoms with Gasteiger partial charge in [-0.1, -0.05) is 0 Å². The van der Waals surface area contributed by atoms with Gasteiger partial charge in [0.15, 0.2) is 0 Å². The van der Waals surface area contributed by atoms with Crippen molar-refractivity contribution in [3.8, 4) is 11.3 Å². The predicted octanol–water partition coefficient (Wildman–Crippen LogP) is 2.66. The summed E-state index contributed by atoms with van der Waals surface area (Å²) in [5.74, 6) is -0.468. The van der Waals surface area contributed by atoms with Crippen molar-refractivity contribution >= 4 is 0 Å². The number of halogens is 2. The normalized spacial score (nSPS) is 10.5. The van der Waals surface area contributed by atoms with Gasteiger partial charge in [-0.3, -0.25) is 0 Å². The molecular formula is C10H8F2N2. The van der Waals surface area contributed by atoms with Crippen molar-refractivity contribution in [2.75, 3.05) is 0 Å². The van der Waals surface area contributed by atoms with Crippen molar-refractivity contribution in [3.05, 3.63) is 41.9 Å². The number of nitrogens with zero attached hydrogens (tertiary/aromatic N) is 1. The second kappa shape index (κ2) is 3.21. The Balaban J connectivity index is 2.51. The highest BCUT2D eigenvalue weighted by atomic mass is 19.1. The van der Waals surface area contributed by atoms with E-state index in [1.165, 1.54) is 12.1 Å². The van der Waals surface area contributed by atoms with E-state index in [0.717, 1.165) is 6.07 Å². The molecule has 1 aromatic carbocycles. The molecule has 0 aliphatic rings. The van der Waals surface area contributed by atoms with E-state index in [1.54, 1.807) is 13.1 Å². The maximum Gasteiger partial charge on any atom is 0.126 e. The molecule has 1 aromatic heterocycles. The topological polar surface area (TPSA) is 28.7 Å². The van der Waals surface area contributed by atoms with Crippen molar-refractivity contribution in [1.82, 2.24) is 9.97 Å². The summed E-state index contributed by atoms with van der Waals surface area (Å²) in [6, 6.07) is 3.36. The largest absolute Gasteiger partial charge is 0.342 e. The summed E-state index contributed by atoms with van der Waals surface area (Å²) in [5.41, 5.74) is 1.07. The van der Waals surface area contributed by atoms with Crippen LogP contribution in [0.5, 0.6) is 0 Å². The van der Waals surface area contributed by atoms with Crippen LogP contribution in [-0.4, -0.2) is 9.97 Å². The second-order valence-electron chi connectivity index (χ2n) is 3.04. The van der Waals surface area contributed by atoms with Gasteiger partial charge < -0.3 is 4.98 Å². The Kier molecular flexibility index (Phi) is 2.04. The van der Waals surface area contributed by atoms with Crippen LogP contribution in [0.4, 0.5) is 8.78 Å². The fraction of sp³-hybridized carbons (Fsp3) is 0.100. The molecule has 0 aliphatic carbocycles. The molecule has 0 atom stereocenters. The molecule has 14 heavy (non-hydrogen) atoms. The molecule has 0 spiro atoms. The van der Waals surface area contributed by atoms with Gasteiger partial charge >= 0.3 is 0 Å². The van der Waals surface area contributed by atoms with Crippen LogP contribution in [0, 0.1) is 18.6 Å². The molecule has 2 rings (SSSR count). The highest BCUT2D eigenvalue weighted by Crippen LogP contribution is 2.19. The third-order valence-corrected chi connectivity index (χ3v) is 1.88. The molecular weight excluding hydrogens is 186 g/mol. The van der Waals surface area contributed by atoms with Crippen molar-refractivity contribution in [1.29, 1.82) is 0 Å². The molecule has 2 aromatic rings. The smallest absolute Gasteiger partial charge is 0.126 e. The number of aryl methyl sites for hydroxylation is 1. The summed E-state index contributed by atoms with van der Waals surface area (Å²) in [7, 11) is 0. The first-order valence-corrected chi connectivity index (χ1v) is 4.13. The van der Waals surface area contributed by atoms with Crippen LogP contribution in [-0.2, 0) is 0 Å². The van der Waals surface area contributed by atoms with Gasteiger partial charge in [-0.25, -0.2) is 13.8 Å². The first kappa shape index (κ1) is 8.87. The Morgan fingerprint density at radius 3 is 2.29 bits per heavy atom. The lowest BCUT2D eigenvalue weighted by Crippen LogP contribution is -1.84. The van der Waals surface area contributed by atoms with Crippen LogP contribution in [0.2, 0.25) is 0 Å². The number of benzene rings is 1. The number of hydrogen-bond acceptors (Lipinski definition) is 1. The predicted molar refractivity (Wildman–Crippen MR) is 48.7 cm³/mol. The number of imidazole rings is 1. The summed E-state index contributed by atoms with van der Waals surface area (Å²) in [4.78, 5) is 6.85. The standard InChI is InChI=1S/C10H8F2N2/c1-6-13-5-10(14-6)7-2-8(11)4-9(12)3-7/h2-5H,1H3,(H,13,14). The van der Waals surface area contributed by atoms with E-state index in [4.69, 9.17) is 0 Å². The van der Waals surface area contributed by atoms with Gasteiger partial charge in [0.1, 0.15) is 17.5 Å². The zero-order chi connectivity index (χ0) is 10.1. The lowest BCUT2D eigenvalue weighted by molar-refractivity contribution is 0.584. The van der Waals surface area contributed by atoms with Crippen molar-refractivity contribution in [2.24, 2.45) is 0 Å². The summed E-state index contributed by atoms with van der Waals surface area (Å²) in [6.07, 6.45) is 1.55. The molecule has 0 aliphatic heterocycles. The van der Waals surface area contributed by atoms with Gasteiger partial charge in [-0.05, 0) is 19.1 Å². The number of H-pyrrole nitrogens is 1. The molecule has 72 valence electrons. The molecule has 0 bridgehead atoms. The SMILES string of the molecule is Cc1ncc(-c2cc(F)cc(F)c2)[nH]1. The summed E-state index contributed by atoms with van der Waals surface area (Å²) in [5, 5.41) is 0. The Morgan fingerprint density at radius 1 is 1.14 bits per heavy atom. The summed E-state index contributed by atoms with van der Waals surface area (Å²) >= 11 is 0. The minimum Gasteiger partial charge on any atom is -0.342 e. The number of nitrogens with one attached hydrogen (secondary N) is 1. The van der Waals surface area contributed by atoms with Gasteiger partial charge in [0.25, 0.3) is 0 Å². The van der Waals surface area contributed by atoms with E-state index in [1.807, 2.05) is 0 Å². The van der Waals surface area contributed by atoms with E-state index in [-0.39, 0.29) is 0 Å². The van der Waals surface area contributed by atoms with Crippen LogP contribution in [0.15, 0.2) is 24.4 Å². The molecule has 0 saturated heterocycles. The Bertz CT molecular complexity index is 443. The number of aromatic nitrogens is 2. The quantitative estimate of drug-likeness (QED) is 0.742. The van der Waals surface area contributed by atoms with Crippen molar-refractivity contribution in [3.63, 3.8) is 0 Å². The maximum atomic E-state index is 12.8. The summed E-state index contributed by atoms with van der Waals surface area (Å²) in [6.45, 7) is 1.78. The Morgan fingerprint density at radius 2 is 1.79 bits per heavy atom. The Labute approximate surface area is 79.6 Å². The first-order chi connectivity index (χ1) is 6.65. The molecule has 0 unspecified atom stereocenters. The van der Waals surface area contributed by atoms with Crippen LogP contribution in [0.3, 0.4) is 0 Å². The van der Waals surface area contributed by atoms with Gasteiger partial charge in [-0.2, -0.15) is 0 Å². The molecule has 1 N–H and O–H groups in total. The molecule has 0 radical (unpaired) electrons. The highest BCUT2D eigenvalue weighted by Gasteiger charge is 2.04. The zero-order valence-corrected chi connectivity index (χ0v) is 7.51. The minimum absolute atomic E-state index is 0.461. The van der Waals surface area contributed by atoms with E-state index in [2.05, 4.69) is 9.97 Å². The molecule has 1 heterocycles. The number of aromatic amines is 1. The number of hydrogen-bond donors (Lipinski definition) is 1. The molecule has 0 amide bonds. The van der Waals surface area contributed by atoms with Gasteiger partial charge in [0.2, 0.25) is 0 Å². The van der Waals surface area contributed by atoms with Crippen LogP contribution in [0.1, 0.15) is 5.82 Å². The van der Waals surface area contributed by atoms with E-state index < -0.39 is 11.6 Å². The number of rotatable bonds is 1. The molecule has 0 fully saturated rings. The van der Waals surface area contributed by atoms with Crippen LogP contribution in [0.25, 0.3) is 11.3 Å². The fourth-order valence-corrected chi connectivity index (χ4v) is 1.28. The van der Waals surface area contributed by atoms with E-state index in [0.29, 0.717) is 17.1 Å². The van der Waals surface area contributed by atoms with E-state index >= 15 is 0 Å². The first-order valence-electron chi connectivity index (χ1n) is 4.13. The summed E-state index contributed by atoms with van der Waals surface area (Å²) < 4.78 is 25.7. The maximum absolute atomic E-state index is 12.8. The third-order valence-electron chi connectivity index (χ3n) is 1.88. The Hall–Kier alpha value is -1.71. The van der Waals surface area contributed by atoms with Crippen molar-refractivity contribution < 1.29 is 8.78 Å². The lowest BCUT2D eigenvalue weighted by atomic mass is 10.1. The van der Waals surface area contributed by atoms with Crippen molar-refractivity contribution in [2.45, 2.75) is 6.92 Å². The third kappa shape index (κ3) is 1.64. The minimum atomic E-state index is -0.591. The van der Waals surface area contributed by atoms with E-state index in [9.17, 15) is 8.78 Å². The average Bonchev–Trinajstić information content (AvgIpc) is 2.50. The molecule has 0 saturated carbocycles. The second-order valence-corrected chi connectivity index (χ2v) is 3.04.